The van der Waals surface area contributed by atoms with Crippen LogP contribution in [0.4, 0.5) is 0 Å². The summed E-state index contributed by atoms with van der Waals surface area (Å²) in [4.78, 5) is 15.7. The summed E-state index contributed by atoms with van der Waals surface area (Å²) in [5.41, 5.74) is 10.6. The fourth-order valence-electron chi connectivity index (χ4n) is 4.58. The predicted molar refractivity (Wildman–Crippen MR) is 132 cm³/mol. The molecule has 1 unspecified atom stereocenters. The molecule has 0 aliphatic heterocycles. The van der Waals surface area contributed by atoms with Crippen molar-refractivity contribution < 1.29 is 4.79 Å². The summed E-state index contributed by atoms with van der Waals surface area (Å²) < 4.78 is 0. The zero-order valence-corrected chi connectivity index (χ0v) is 19.0. The van der Waals surface area contributed by atoms with Gasteiger partial charge in [-0.25, -0.2) is 0 Å². The lowest BCUT2D eigenvalue weighted by atomic mass is 9.91. The fourth-order valence-corrected chi connectivity index (χ4v) is 4.58. The molecule has 1 atom stereocenters. The first-order valence-corrected chi connectivity index (χ1v) is 12.1. The van der Waals surface area contributed by atoms with Gasteiger partial charge < -0.3 is 10.7 Å². The first kappa shape index (κ1) is 23.1. The van der Waals surface area contributed by atoms with Crippen LogP contribution in [0.25, 0.3) is 22.2 Å². The molecule has 31 heavy (non-hydrogen) atoms. The average molecular weight is 419 g/mol. The summed E-state index contributed by atoms with van der Waals surface area (Å²) in [6.07, 6.45) is 12.8. The average Bonchev–Trinajstić information content (AvgIpc) is 3.16. The number of aromatic amines is 1. The summed E-state index contributed by atoms with van der Waals surface area (Å²) in [5, 5.41) is 1.25. The molecule has 166 valence electrons. The third kappa shape index (κ3) is 6.72. The Bertz CT molecular complexity index is 929. The Morgan fingerprint density at radius 1 is 0.839 bits per heavy atom. The SMILES string of the molecule is CCCCCCCCCCC(CCc1c(-c2ccccc2)[nH]c2ccccc12)C(N)=O. The van der Waals surface area contributed by atoms with Crippen molar-refractivity contribution in [1.29, 1.82) is 0 Å². The van der Waals surface area contributed by atoms with E-state index < -0.39 is 0 Å². The number of carbonyl (C=O) groups excluding carboxylic acids is 1. The van der Waals surface area contributed by atoms with Crippen molar-refractivity contribution in [2.75, 3.05) is 0 Å². The van der Waals surface area contributed by atoms with Gasteiger partial charge in [0.15, 0.2) is 0 Å². The number of hydrogen-bond acceptors (Lipinski definition) is 1. The Kier molecular flexibility index (Phi) is 9.20. The molecular weight excluding hydrogens is 380 g/mol. The highest BCUT2D eigenvalue weighted by Gasteiger charge is 2.18. The fraction of sp³-hybridized carbons (Fsp3) is 0.464. The number of rotatable bonds is 14. The van der Waals surface area contributed by atoms with E-state index in [9.17, 15) is 4.79 Å². The number of fused-ring (bicyclic) bond motifs is 1. The molecule has 0 aliphatic carbocycles. The van der Waals surface area contributed by atoms with E-state index in [2.05, 4.69) is 60.4 Å². The van der Waals surface area contributed by atoms with Crippen LogP contribution in [0.2, 0.25) is 0 Å². The van der Waals surface area contributed by atoms with Crippen LogP contribution >= 0.6 is 0 Å². The number of H-pyrrole nitrogens is 1. The normalized spacial score (nSPS) is 12.3. The molecule has 1 aromatic heterocycles. The second-order valence-electron chi connectivity index (χ2n) is 8.79. The summed E-state index contributed by atoms with van der Waals surface area (Å²) in [6, 6.07) is 18.9. The standard InChI is InChI=1S/C28H38N2O/c1-2-3-4-5-6-7-8-10-17-23(28(29)31)20-21-25-24-18-13-14-19-26(24)30-27(25)22-15-11-9-12-16-22/h9,11-16,18-19,23,30H,2-8,10,17,20-21H2,1H3,(H2,29,31). The maximum atomic E-state index is 12.1. The number of benzene rings is 2. The van der Waals surface area contributed by atoms with Gasteiger partial charge in [-0.15, -0.1) is 0 Å². The van der Waals surface area contributed by atoms with Gasteiger partial charge in [0.25, 0.3) is 0 Å². The number of hydrogen-bond donors (Lipinski definition) is 2. The lowest BCUT2D eigenvalue weighted by Crippen LogP contribution is -2.23. The lowest BCUT2D eigenvalue weighted by molar-refractivity contribution is -0.122. The van der Waals surface area contributed by atoms with E-state index >= 15 is 0 Å². The van der Waals surface area contributed by atoms with Crippen LogP contribution in [-0.4, -0.2) is 10.9 Å². The van der Waals surface area contributed by atoms with Gasteiger partial charge in [0, 0.05) is 22.5 Å². The first-order chi connectivity index (χ1) is 15.2. The predicted octanol–water partition coefficient (Wildman–Crippen LogP) is 7.40. The van der Waals surface area contributed by atoms with E-state index in [0.717, 1.165) is 36.9 Å². The monoisotopic (exact) mass is 418 g/mol. The van der Waals surface area contributed by atoms with Crippen molar-refractivity contribution in [3.63, 3.8) is 0 Å². The highest BCUT2D eigenvalue weighted by Crippen LogP contribution is 2.32. The van der Waals surface area contributed by atoms with Crippen LogP contribution in [-0.2, 0) is 11.2 Å². The maximum absolute atomic E-state index is 12.1. The molecule has 0 radical (unpaired) electrons. The summed E-state index contributed by atoms with van der Waals surface area (Å²) in [7, 11) is 0. The Hall–Kier alpha value is -2.55. The maximum Gasteiger partial charge on any atom is 0.220 e. The molecule has 0 fully saturated rings. The van der Waals surface area contributed by atoms with Crippen molar-refractivity contribution in [1.82, 2.24) is 4.98 Å². The van der Waals surface area contributed by atoms with Gasteiger partial charge in [0.05, 0.1) is 0 Å². The smallest absolute Gasteiger partial charge is 0.220 e. The van der Waals surface area contributed by atoms with Crippen LogP contribution < -0.4 is 5.73 Å². The first-order valence-electron chi connectivity index (χ1n) is 12.1. The minimum Gasteiger partial charge on any atom is -0.369 e. The van der Waals surface area contributed by atoms with Crippen molar-refractivity contribution in [3.05, 3.63) is 60.2 Å². The quantitative estimate of drug-likeness (QED) is 0.263. The van der Waals surface area contributed by atoms with Crippen LogP contribution in [0.15, 0.2) is 54.6 Å². The molecule has 2 aromatic carbocycles. The molecular formula is C28H38N2O. The number of para-hydroxylation sites is 1. The van der Waals surface area contributed by atoms with Gasteiger partial charge in [0.2, 0.25) is 5.91 Å². The van der Waals surface area contributed by atoms with Crippen LogP contribution in [0.1, 0.15) is 76.7 Å². The van der Waals surface area contributed by atoms with Crippen molar-refractivity contribution in [2.45, 2.75) is 77.6 Å². The zero-order valence-electron chi connectivity index (χ0n) is 19.0. The van der Waals surface area contributed by atoms with Crippen molar-refractivity contribution in [2.24, 2.45) is 11.7 Å². The number of carbonyl (C=O) groups is 1. The van der Waals surface area contributed by atoms with E-state index in [1.165, 1.54) is 61.5 Å². The third-order valence-electron chi connectivity index (χ3n) is 6.43. The number of primary amides is 1. The van der Waals surface area contributed by atoms with Gasteiger partial charge in [0.1, 0.15) is 0 Å². The summed E-state index contributed by atoms with van der Waals surface area (Å²) >= 11 is 0. The third-order valence-corrected chi connectivity index (χ3v) is 6.43. The molecule has 1 amide bonds. The second-order valence-corrected chi connectivity index (χ2v) is 8.79. The molecule has 0 bridgehead atoms. The molecule has 0 spiro atoms. The summed E-state index contributed by atoms with van der Waals surface area (Å²) in [5.74, 6) is -0.193. The molecule has 3 heteroatoms. The zero-order chi connectivity index (χ0) is 21.9. The number of aryl methyl sites for hydroxylation is 1. The molecule has 1 heterocycles. The summed E-state index contributed by atoms with van der Waals surface area (Å²) in [6.45, 7) is 2.25. The van der Waals surface area contributed by atoms with Gasteiger partial charge >= 0.3 is 0 Å². The number of nitrogens with two attached hydrogens (primary N) is 1. The number of amides is 1. The minimum atomic E-state index is -0.149. The van der Waals surface area contributed by atoms with Crippen LogP contribution in [0, 0.1) is 5.92 Å². The van der Waals surface area contributed by atoms with Gasteiger partial charge in [-0.05, 0) is 36.5 Å². The molecule has 3 aromatic rings. The van der Waals surface area contributed by atoms with E-state index in [1.54, 1.807) is 0 Å². The van der Waals surface area contributed by atoms with Gasteiger partial charge in [-0.3, -0.25) is 4.79 Å². The Balaban J connectivity index is 1.60. The molecule has 3 N–H and O–H groups in total. The minimum absolute atomic E-state index is 0.0441. The number of unbranched alkanes of at least 4 members (excludes halogenated alkanes) is 7. The number of aromatic nitrogens is 1. The molecule has 3 nitrogen and oxygen atoms in total. The molecule has 3 rings (SSSR count). The highest BCUT2D eigenvalue weighted by molar-refractivity contribution is 5.90. The Morgan fingerprint density at radius 3 is 2.19 bits per heavy atom. The van der Waals surface area contributed by atoms with E-state index in [1.807, 2.05) is 6.07 Å². The van der Waals surface area contributed by atoms with Crippen LogP contribution in [0.3, 0.4) is 0 Å². The van der Waals surface area contributed by atoms with Crippen molar-refractivity contribution >= 4 is 16.8 Å². The van der Waals surface area contributed by atoms with E-state index in [4.69, 9.17) is 5.73 Å². The molecule has 0 saturated heterocycles. The van der Waals surface area contributed by atoms with Gasteiger partial charge in [-0.1, -0.05) is 107 Å². The lowest BCUT2D eigenvalue weighted by Gasteiger charge is -2.14. The molecule has 0 saturated carbocycles. The van der Waals surface area contributed by atoms with Crippen LogP contribution in [0.5, 0.6) is 0 Å². The second kappa shape index (κ2) is 12.3. The Morgan fingerprint density at radius 2 is 1.48 bits per heavy atom. The molecule has 0 aliphatic rings. The Labute approximate surface area is 187 Å². The van der Waals surface area contributed by atoms with E-state index in [0.29, 0.717) is 0 Å². The van der Waals surface area contributed by atoms with Crippen molar-refractivity contribution in [3.8, 4) is 11.3 Å². The van der Waals surface area contributed by atoms with Gasteiger partial charge in [-0.2, -0.15) is 0 Å². The number of nitrogens with one attached hydrogen (secondary N) is 1. The topological polar surface area (TPSA) is 58.9 Å². The largest absolute Gasteiger partial charge is 0.369 e. The van der Waals surface area contributed by atoms with E-state index in [-0.39, 0.29) is 11.8 Å². The highest BCUT2D eigenvalue weighted by atomic mass is 16.1.